The van der Waals surface area contributed by atoms with Crippen LogP contribution in [0.3, 0.4) is 0 Å². The van der Waals surface area contributed by atoms with Gasteiger partial charge >= 0.3 is 0 Å². The molecule has 0 spiro atoms. The predicted molar refractivity (Wildman–Crippen MR) is 57.6 cm³/mol. The summed E-state index contributed by atoms with van der Waals surface area (Å²) in [6, 6.07) is 6.17. The minimum absolute atomic E-state index is 0.0657. The molecule has 0 aliphatic heterocycles. The summed E-state index contributed by atoms with van der Waals surface area (Å²) >= 11 is 0. The molecule has 1 N–H and O–H groups in total. The molecule has 0 aliphatic rings. The largest absolute Gasteiger partial charge is 0.352 e. The number of carbonyl (C=O) groups is 1. The smallest absolute Gasteiger partial charge is 0.252 e. The molecule has 4 nitrogen and oxygen atoms in total. The van der Waals surface area contributed by atoms with Gasteiger partial charge in [-0.25, -0.2) is 8.42 Å². The number of amides is 1. The Morgan fingerprint density at radius 3 is 2.47 bits per heavy atom. The lowest BCUT2D eigenvalue weighted by molar-refractivity contribution is 0.0952. The topological polar surface area (TPSA) is 63.2 Å². The zero-order valence-corrected chi connectivity index (χ0v) is 9.47. The van der Waals surface area contributed by atoms with Crippen LogP contribution in [-0.2, 0) is 9.84 Å². The van der Waals surface area contributed by atoms with Crippen molar-refractivity contribution in [3.8, 4) is 0 Å². The van der Waals surface area contributed by atoms with E-state index in [1.807, 2.05) is 0 Å². The number of rotatable bonds is 3. The molecule has 0 aromatic heterocycles. The highest BCUT2D eigenvalue weighted by molar-refractivity contribution is 7.90. The van der Waals surface area contributed by atoms with Gasteiger partial charge in [-0.15, -0.1) is 0 Å². The average Bonchev–Trinajstić information content (AvgIpc) is 2.17. The summed E-state index contributed by atoms with van der Waals surface area (Å²) in [5.74, 6) is -0.362. The standard InChI is InChI=1S/C10H13NO3S/c1-3-11-10(12)8-6-4-5-7-9(8)15(2,13)14/h4-7H,3H2,1-2H3,(H,11,12). The fourth-order valence-electron chi connectivity index (χ4n) is 1.23. The van der Waals surface area contributed by atoms with E-state index >= 15 is 0 Å². The van der Waals surface area contributed by atoms with Crippen molar-refractivity contribution < 1.29 is 13.2 Å². The third-order valence-electron chi connectivity index (χ3n) is 1.87. The van der Waals surface area contributed by atoms with E-state index in [0.29, 0.717) is 6.54 Å². The van der Waals surface area contributed by atoms with Crippen LogP contribution >= 0.6 is 0 Å². The Bertz CT molecular complexity index is 465. The lowest BCUT2D eigenvalue weighted by Gasteiger charge is -2.06. The third-order valence-corrected chi connectivity index (χ3v) is 3.02. The molecule has 1 aromatic rings. The Morgan fingerprint density at radius 1 is 1.33 bits per heavy atom. The highest BCUT2D eigenvalue weighted by Gasteiger charge is 2.16. The van der Waals surface area contributed by atoms with E-state index in [1.165, 1.54) is 12.1 Å². The quantitative estimate of drug-likeness (QED) is 0.832. The van der Waals surface area contributed by atoms with Gasteiger partial charge in [0.05, 0.1) is 10.5 Å². The normalized spacial score (nSPS) is 11.1. The monoisotopic (exact) mass is 227 g/mol. The van der Waals surface area contributed by atoms with Crippen molar-refractivity contribution in [1.29, 1.82) is 0 Å². The molecule has 0 saturated carbocycles. The van der Waals surface area contributed by atoms with Crippen LogP contribution in [0.5, 0.6) is 0 Å². The molecule has 82 valence electrons. The van der Waals surface area contributed by atoms with Crippen LogP contribution in [-0.4, -0.2) is 27.1 Å². The number of hydrogen-bond donors (Lipinski definition) is 1. The van der Waals surface area contributed by atoms with Crippen molar-refractivity contribution in [2.75, 3.05) is 12.8 Å². The van der Waals surface area contributed by atoms with Crippen molar-refractivity contribution in [2.24, 2.45) is 0 Å². The highest BCUT2D eigenvalue weighted by Crippen LogP contribution is 2.14. The minimum atomic E-state index is -3.36. The Morgan fingerprint density at radius 2 is 1.93 bits per heavy atom. The molecular formula is C10H13NO3S. The van der Waals surface area contributed by atoms with Crippen LogP contribution in [0.2, 0.25) is 0 Å². The first-order valence-corrected chi connectivity index (χ1v) is 6.43. The second-order valence-corrected chi connectivity index (χ2v) is 5.11. The van der Waals surface area contributed by atoms with E-state index in [2.05, 4.69) is 5.32 Å². The van der Waals surface area contributed by atoms with Gasteiger partial charge in [-0.05, 0) is 19.1 Å². The van der Waals surface area contributed by atoms with E-state index in [0.717, 1.165) is 6.26 Å². The van der Waals surface area contributed by atoms with Gasteiger partial charge in [0.2, 0.25) is 0 Å². The Hall–Kier alpha value is -1.36. The summed E-state index contributed by atoms with van der Waals surface area (Å²) < 4.78 is 22.8. The van der Waals surface area contributed by atoms with Gasteiger partial charge in [-0.3, -0.25) is 4.79 Å². The summed E-state index contributed by atoms with van der Waals surface area (Å²) in [6.45, 7) is 2.25. The summed E-state index contributed by atoms with van der Waals surface area (Å²) in [5, 5.41) is 2.57. The van der Waals surface area contributed by atoms with Gasteiger partial charge in [0.25, 0.3) is 5.91 Å². The summed E-state index contributed by atoms with van der Waals surface area (Å²) in [6.07, 6.45) is 1.09. The van der Waals surface area contributed by atoms with E-state index < -0.39 is 9.84 Å². The highest BCUT2D eigenvalue weighted by atomic mass is 32.2. The molecule has 0 unspecified atom stereocenters. The average molecular weight is 227 g/mol. The Labute approximate surface area is 89.2 Å². The molecule has 0 bridgehead atoms. The van der Waals surface area contributed by atoms with E-state index in [1.54, 1.807) is 19.1 Å². The van der Waals surface area contributed by atoms with Gasteiger partial charge in [-0.2, -0.15) is 0 Å². The molecule has 0 heterocycles. The first-order valence-electron chi connectivity index (χ1n) is 4.54. The van der Waals surface area contributed by atoms with Gasteiger partial charge in [0.1, 0.15) is 0 Å². The first-order chi connectivity index (χ1) is 6.96. The van der Waals surface area contributed by atoms with Crippen molar-refractivity contribution in [3.63, 3.8) is 0 Å². The van der Waals surface area contributed by atoms with Crippen molar-refractivity contribution in [1.82, 2.24) is 5.32 Å². The van der Waals surface area contributed by atoms with Crippen LogP contribution in [0.25, 0.3) is 0 Å². The van der Waals surface area contributed by atoms with Crippen molar-refractivity contribution in [2.45, 2.75) is 11.8 Å². The number of carbonyl (C=O) groups excluding carboxylic acids is 1. The summed E-state index contributed by atoms with van der Waals surface area (Å²) in [4.78, 5) is 11.6. The fraction of sp³-hybridized carbons (Fsp3) is 0.300. The lowest BCUT2D eigenvalue weighted by Crippen LogP contribution is -2.24. The van der Waals surface area contributed by atoms with Crippen LogP contribution in [0.15, 0.2) is 29.2 Å². The van der Waals surface area contributed by atoms with Crippen molar-refractivity contribution >= 4 is 15.7 Å². The Balaban J connectivity index is 3.25. The SMILES string of the molecule is CCNC(=O)c1ccccc1S(C)(=O)=O. The van der Waals surface area contributed by atoms with E-state index in [4.69, 9.17) is 0 Å². The molecule has 15 heavy (non-hydrogen) atoms. The zero-order valence-electron chi connectivity index (χ0n) is 8.65. The maximum atomic E-state index is 11.5. The predicted octanol–water partition coefficient (Wildman–Crippen LogP) is 0.840. The molecule has 0 atom stereocenters. The Kier molecular flexibility index (Phi) is 3.47. The van der Waals surface area contributed by atoms with Crippen LogP contribution in [0, 0.1) is 0 Å². The molecule has 1 rings (SSSR count). The fourth-order valence-corrected chi connectivity index (χ4v) is 2.12. The molecule has 0 saturated heterocycles. The molecule has 1 aromatic carbocycles. The molecule has 1 amide bonds. The second-order valence-electron chi connectivity index (χ2n) is 3.13. The maximum Gasteiger partial charge on any atom is 0.252 e. The zero-order chi connectivity index (χ0) is 11.5. The van der Waals surface area contributed by atoms with Crippen molar-refractivity contribution in [3.05, 3.63) is 29.8 Å². The first kappa shape index (κ1) is 11.7. The van der Waals surface area contributed by atoms with E-state index in [-0.39, 0.29) is 16.4 Å². The third kappa shape index (κ3) is 2.79. The maximum absolute atomic E-state index is 11.5. The number of benzene rings is 1. The molecular weight excluding hydrogens is 214 g/mol. The molecule has 0 fully saturated rings. The summed E-state index contributed by atoms with van der Waals surface area (Å²) in [5.41, 5.74) is 0.196. The summed E-state index contributed by atoms with van der Waals surface area (Å²) in [7, 11) is -3.36. The van der Waals surface area contributed by atoms with Gasteiger partial charge in [-0.1, -0.05) is 12.1 Å². The van der Waals surface area contributed by atoms with Crippen LogP contribution in [0.4, 0.5) is 0 Å². The molecule has 5 heteroatoms. The van der Waals surface area contributed by atoms with Gasteiger partial charge in [0.15, 0.2) is 9.84 Å². The van der Waals surface area contributed by atoms with Crippen LogP contribution < -0.4 is 5.32 Å². The minimum Gasteiger partial charge on any atom is -0.352 e. The van der Waals surface area contributed by atoms with Gasteiger partial charge < -0.3 is 5.32 Å². The van der Waals surface area contributed by atoms with E-state index in [9.17, 15) is 13.2 Å². The second kappa shape index (κ2) is 4.44. The van der Waals surface area contributed by atoms with Gasteiger partial charge in [0, 0.05) is 12.8 Å². The number of hydrogen-bond acceptors (Lipinski definition) is 3. The van der Waals surface area contributed by atoms with Crippen LogP contribution in [0.1, 0.15) is 17.3 Å². The molecule has 0 aliphatic carbocycles. The number of sulfone groups is 1. The molecule has 0 radical (unpaired) electrons. The number of nitrogens with one attached hydrogen (secondary N) is 1. The lowest BCUT2D eigenvalue weighted by atomic mass is 10.2.